The summed E-state index contributed by atoms with van der Waals surface area (Å²) in [6, 6.07) is 9.35. The highest BCUT2D eigenvalue weighted by atomic mass is 16.5. The van der Waals surface area contributed by atoms with Gasteiger partial charge in [-0.05, 0) is 13.0 Å². The van der Waals surface area contributed by atoms with Crippen LogP contribution in [0.25, 0.3) is 11.4 Å². The van der Waals surface area contributed by atoms with Crippen molar-refractivity contribution in [3.63, 3.8) is 0 Å². The van der Waals surface area contributed by atoms with Gasteiger partial charge in [0, 0.05) is 18.7 Å². The van der Waals surface area contributed by atoms with Crippen LogP contribution in [0.15, 0.2) is 39.6 Å². The van der Waals surface area contributed by atoms with Gasteiger partial charge in [0.15, 0.2) is 5.82 Å². The molecule has 0 aliphatic heterocycles. The van der Waals surface area contributed by atoms with Crippen LogP contribution in [0.1, 0.15) is 20.3 Å². The van der Waals surface area contributed by atoms with Crippen molar-refractivity contribution in [2.45, 2.75) is 32.9 Å². The first-order valence-corrected chi connectivity index (χ1v) is 7.99. The van der Waals surface area contributed by atoms with E-state index in [2.05, 4.69) is 23.9 Å². The molecular formula is C17H25N3O3. The second-order valence-electron chi connectivity index (χ2n) is 6.14. The van der Waals surface area contributed by atoms with Gasteiger partial charge in [0.1, 0.15) is 0 Å². The van der Waals surface area contributed by atoms with Crippen LogP contribution < -0.4 is 5.76 Å². The molecule has 0 fully saturated rings. The summed E-state index contributed by atoms with van der Waals surface area (Å²) in [6.07, 6.45) is 0.438. The fourth-order valence-electron chi connectivity index (χ4n) is 2.59. The van der Waals surface area contributed by atoms with Crippen molar-refractivity contribution in [1.29, 1.82) is 0 Å². The quantitative estimate of drug-likeness (QED) is 0.804. The van der Waals surface area contributed by atoms with Gasteiger partial charge in [0.25, 0.3) is 0 Å². The van der Waals surface area contributed by atoms with Crippen molar-refractivity contribution in [1.82, 2.24) is 14.6 Å². The molecule has 0 spiro atoms. The van der Waals surface area contributed by atoms with Crippen molar-refractivity contribution >= 4 is 0 Å². The third-order valence-corrected chi connectivity index (χ3v) is 3.95. The Labute approximate surface area is 136 Å². The highest BCUT2D eigenvalue weighted by Gasteiger charge is 2.17. The largest absolute Gasteiger partial charge is 0.441 e. The average molecular weight is 319 g/mol. The van der Waals surface area contributed by atoms with Crippen LogP contribution in [0, 0.1) is 5.92 Å². The number of nitrogens with zero attached hydrogens (tertiary/aromatic N) is 3. The lowest BCUT2D eigenvalue weighted by molar-refractivity contribution is 0.102. The first kappa shape index (κ1) is 17.4. The zero-order valence-electron chi connectivity index (χ0n) is 14.0. The van der Waals surface area contributed by atoms with E-state index in [0.717, 1.165) is 18.5 Å². The van der Waals surface area contributed by atoms with E-state index in [4.69, 9.17) is 4.52 Å². The van der Waals surface area contributed by atoms with Gasteiger partial charge in [-0.1, -0.05) is 55.8 Å². The Hall–Kier alpha value is -1.92. The molecule has 0 aliphatic carbocycles. The Kier molecular flexibility index (Phi) is 6.12. The second kappa shape index (κ2) is 8.08. The molecule has 0 saturated heterocycles. The molecule has 0 bridgehead atoms. The minimum absolute atomic E-state index is 0.164. The van der Waals surface area contributed by atoms with Gasteiger partial charge in [0.2, 0.25) is 0 Å². The van der Waals surface area contributed by atoms with Crippen LogP contribution in [0.2, 0.25) is 0 Å². The SMILES string of the molecule is CCC(C)CN(C)CC(O)Cn1c(-c2ccccc2)noc1=O. The fraction of sp³-hybridized carbons (Fsp3) is 0.529. The number of benzene rings is 1. The molecule has 2 atom stereocenters. The standard InChI is InChI=1S/C17H25N3O3/c1-4-13(2)10-19(3)11-15(21)12-20-16(18-23-17(20)22)14-8-6-5-7-9-14/h5-9,13,15,21H,4,10-12H2,1-3H3. The summed E-state index contributed by atoms with van der Waals surface area (Å²) >= 11 is 0. The Morgan fingerprint density at radius 1 is 1.30 bits per heavy atom. The predicted molar refractivity (Wildman–Crippen MR) is 89.2 cm³/mol. The van der Waals surface area contributed by atoms with Gasteiger partial charge in [-0.2, -0.15) is 0 Å². The normalized spacial score (nSPS) is 14.1. The molecule has 0 amide bonds. The number of rotatable bonds is 8. The zero-order valence-corrected chi connectivity index (χ0v) is 14.0. The molecule has 2 rings (SSSR count). The highest BCUT2D eigenvalue weighted by Crippen LogP contribution is 2.15. The third-order valence-electron chi connectivity index (χ3n) is 3.95. The van der Waals surface area contributed by atoms with Crippen molar-refractivity contribution in [2.24, 2.45) is 5.92 Å². The second-order valence-corrected chi connectivity index (χ2v) is 6.14. The lowest BCUT2D eigenvalue weighted by atomic mass is 10.1. The Morgan fingerprint density at radius 3 is 2.65 bits per heavy atom. The number of aromatic nitrogens is 2. The molecule has 0 radical (unpaired) electrons. The first-order chi connectivity index (χ1) is 11.0. The maximum Gasteiger partial charge on any atom is 0.441 e. The number of hydrogen-bond acceptors (Lipinski definition) is 5. The van der Waals surface area contributed by atoms with Gasteiger partial charge < -0.3 is 10.0 Å². The smallest absolute Gasteiger partial charge is 0.390 e. The number of aliphatic hydroxyl groups excluding tert-OH is 1. The van der Waals surface area contributed by atoms with Gasteiger partial charge in [0.05, 0.1) is 12.6 Å². The summed E-state index contributed by atoms with van der Waals surface area (Å²) in [4.78, 5) is 14.0. The maximum atomic E-state index is 11.9. The zero-order chi connectivity index (χ0) is 16.8. The molecule has 1 heterocycles. The van der Waals surface area contributed by atoms with Gasteiger partial charge in [-0.3, -0.25) is 9.09 Å². The number of hydrogen-bond donors (Lipinski definition) is 1. The van der Waals surface area contributed by atoms with E-state index in [1.807, 2.05) is 37.4 Å². The van der Waals surface area contributed by atoms with Gasteiger partial charge in [-0.15, -0.1) is 0 Å². The molecule has 1 N–H and O–H groups in total. The summed E-state index contributed by atoms with van der Waals surface area (Å²) in [5.41, 5.74) is 0.790. The van der Waals surface area contributed by atoms with E-state index >= 15 is 0 Å². The lowest BCUT2D eigenvalue weighted by Gasteiger charge is -2.23. The molecule has 0 saturated carbocycles. The number of likely N-dealkylation sites (N-methyl/N-ethyl adjacent to an activating group) is 1. The van der Waals surface area contributed by atoms with Crippen molar-refractivity contribution in [3.8, 4) is 11.4 Å². The molecule has 2 unspecified atom stereocenters. The van der Waals surface area contributed by atoms with Crippen molar-refractivity contribution in [2.75, 3.05) is 20.1 Å². The summed E-state index contributed by atoms with van der Waals surface area (Å²) in [5.74, 6) is 0.470. The first-order valence-electron chi connectivity index (χ1n) is 7.99. The summed E-state index contributed by atoms with van der Waals surface area (Å²) in [7, 11) is 1.98. The molecule has 126 valence electrons. The molecule has 6 heteroatoms. The molecular weight excluding hydrogens is 294 g/mol. The van der Waals surface area contributed by atoms with E-state index in [1.54, 1.807) is 0 Å². The minimum atomic E-state index is -0.663. The van der Waals surface area contributed by atoms with E-state index in [9.17, 15) is 9.90 Å². The van der Waals surface area contributed by atoms with E-state index < -0.39 is 11.9 Å². The average Bonchev–Trinajstić information content (AvgIpc) is 2.88. The fourth-order valence-corrected chi connectivity index (χ4v) is 2.59. The molecule has 1 aromatic heterocycles. The van der Waals surface area contributed by atoms with Crippen LogP contribution >= 0.6 is 0 Å². The highest BCUT2D eigenvalue weighted by molar-refractivity contribution is 5.54. The molecule has 1 aromatic carbocycles. The van der Waals surface area contributed by atoms with Crippen LogP contribution in [-0.2, 0) is 6.54 Å². The van der Waals surface area contributed by atoms with Gasteiger partial charge in [-0.25, -0.2) is 4.79 Å². The Morgan fingerprint density at radius 2 is 2.00 bits per heavy atom. The van der Waals surface area contributed by atoms with E-state index in [-0.39, 0.29) is 6.54 Å². The summed E-state index contributed by atoms with van der Waals surface area (Å²) in [5, 5.41) is 14.1. The maximum absolute atomic E-state index is 11.9. The van der Waals surface area contributed by atoms with Crippen molar-refractivity contribution in [3.05, 3.63) is 40.9 Å². The van der Waals surface area contributed by atoms with E-state index in [1.165, 1.54) is 4.57 Å². The molecule has 0 aliphatic rings. The van der Waals surface area contributed by atoms with Crippen LogP contribution in [-0.4, -0.2) is 46.0 Å². The third kappa shape index (κ3) is 4.77. The topological polar surface area (TPSA) is 71.5 Å². The minimum Gasteiger partial charge on any atom is -0.390 e. The van der Waals surface area contributed by atoms with Crippen LogP contribution in [0.5, 0.6) is 0 Å². The Bertz CT molecular complexity index is 651. The van der Waals surface area contributed by atoms with Gasteiger partial charge >= 0.3 is 5.76 Å². The number of aliphatic hydroxyl groups is 1. The summed E-state index contributed by atoms with van der Waals surface area (Å²) < 4.78 is 6.16. The van der Waals surface area contributed by atoms with Crippen molar-refractivity contribution < 1.29 is 9.63 Å². The summed E-state index contributed by atoms with van der Waals surface area (Å²) in [6.45, 7) is 5.91. The Balaban J connectivity index is 2.06. The van der Waals surface area contributed by atoms with E-state index in [0.29, 0.717) is 18.3 Å². The van der Waals surface area contributed by atoms with Crippen LogP contribution in [0.3, 0.4) is 0 Å². The molecule has 23 heavy (non-hydrogen) atoms. The monoisotopic (exact) mass is 319 g/mol. The molecule has 6 nitrogen and oxygen atoms in total. The predicted octanol–water partition coefficient (Wildman–Crippen LogP) is 1.84. The molecule has 2 aromatic rings. The lowest BCUT2D eigenvalue weighted by Crippen LogP contribution is -2.36. The van der Waals surface area contributed by atoms with Crippen LogP contribution in [0.4, 0.5) is 0 Å².